The Hall–Kier alpha value is -11.4. The number of aromatic amines is 2. The van der Waals surface area contributed by atoms with E-state index in [1.165, 1.54) is 68.9 Å². The minimum Gasteiger partial charge on any atom is -0.460 e. The fourth-order valence-corrected chi connectivity index (χ4v) is 22.6. The van der Waals surface area contributed by atoms with E-state index in [0.717, 1.165) is 68.0 Å². The topological polar surface area (TPSA) is 661 Å². The lowest BCUT2D eigenvalue weighted by atomic mass is 10.1. The number of nitrogens with one attached hydrogen (secondary N) is 2. The van der Waals surface area contributed by atoms with Gasteiger partial charge in [0.2, 0.25) is 0 Å². The van der Waals surface area contributed by atoms with E-state index in [9.17, 15) is 97.8 Å². The fraction of sp³-hybridized carbons (Fsp3) is 0.600. The molecule has 0 unspecified atom stereocenters. The number of carbonyl (C=O) groups excluding carboxylic acids is 6. The Kier molecular flexibility index (Phi) is 36.9. The maximum Gasteiger partial charge on any atom is 0.311 e. The SMILES string of the molecule is CC[C@H](O)[C@@H]1C[C@@H](O)[C@H](n2c(=O)sc3cnc(C)nc32)O1.CC[C@H](O)[C@@H]1C[C@@H](OC(C)=O)[C@H](n2c(=O)sc3c(=O)[nH]c(C)nc32)O1.CC[C@H](O)[C@@H]1C[C@@H](OC(C)=O)[C@H](n2c(=O)sc3cnc(C)nc32)O1.CC[C@H](OC(C)=O)[C@@H]1C[C@@H](O)[C@H](n2c(=O)sc3c(=O)[nH]c(C)nc32)O1.CC[C@H](OC(C)=O)[C@@H]1C[C@@H](O)[C@H](n2c(=O)sc3cnc(C)nc32)O1.CC[C@H](OC(C)=O)[C@@H]1C[C@@H](OC(C)=O)[C@H](n2c(=O)sc3cnc(C)nc32)O1. The van der Waals surface area contributed by atoms with Gasteiger partial charge in [-0.2, -0.15) is 0 Å². The van der Waals surface area contributed by atoms with Crippen LogP contribution in [-0.4, -0.2) is 264 Å². The third kappa shape index (κ3) is 25.4. The van der Waals surface area contributed by atoms with Crippen molar-refractivity contribution in [3.8, 4) is 0 Å². The minimum atomic E-state index is -0.982. The zero-order valence-electron chi connectivity index (χ0n) is 82.6. The first kappa shape index (κ1) is 112. The van der Waals surface area contributed by atoms with Crippen molar-refractivity contribution in [2.75, 3.05) is 0 Å². The second-order valence-corrected chi connectivity index (χ2v) is 40.9. The molecule has 0 radical (unpaired) electrons. The molecular formula is C90H114N18O32S6. The molecule has 18 rings (SSSR count). The van der Waals surface area contributed by atoms with Gasteiger partial charge in [0.15, 0.2) is 71.3 Å². The number of nitrogens with zero attached hydrogens (tertiary/aromatic N) is 16. The first-order valence-electron chi connectivity index (χ1n) is 46.9. The molecule has 12 aromatic heterocycles. The first-order valence-corrected chi connectivity index (χ1v) is 51.8. The molecule has 6 aliphatic rings. The van der Waals surface area contributed by atoms with Crippen LogP contribution in [0.25, 0.3) is 62.1 Å². The average Bonchev–Trinajstić information content (AvgIpc) is 1.62. The van der Waals surface area contributed by atoms with Gasteiger partial charge in [-0.25, -0.2) is 49.8 Å². The first-order chi connectivity index (χ1) is 69.2. The predicted octanol–water partition coefficient (Wildman–Crippen LogP) is 5.50. The number of aliphatic hydroxyl groups excluding tert-OH is 6. The highest BCUT2D eigenvalue weighted by molar-refractivity contribution is 7.18. The second-order valence-electron chi connectivity index (χ2n) is 35.0. The number of aliphatic hydroxyl groups is 6. The summed E-state index contributed by atoms with van der Waals surface area (Å²) < 4.78 is 77.9. The van der Waals surface area contributed by atoms with Crippen LogP contribution >= 0.6 is 68.0 Å². The number of ether oxygens (including phenoxy) is 12. The number of hydrogen-bond donors (Lipinski definition) is 8. The maximum absolute atomic E-state index is 12.6. The van der Waals surface area contributed by atoms with E-state index in [1.807, 2.05) is 34.6 Å². The molecule has 8 N–H and O–H groups in total. The van der Waals surface area contributed by atoms with E-state index in [4.69, 9.17) is 56.8 Å². The molecule has 6 fully saturated rings. The summed E-state index contributed by atoms with van der Waals surface area (Å²) in [6.45, 7) is 29.1. The molecule has 0 saturated carbocycles. The molecule has 18 heterocycles. The molecule has 146 heavy (non-hydrogen) atoms. The van der Waals surface area contributed by atoms with Crippen molar-refractivity contribution in [1.29, 1.82) is 0 Å². The molecule has 0 amide bonds. The molecule has 0 aliphatic carbocycles. The third-order valence-corrected chi connectivity index (χ3v) is 29.6. The summed E-state index contributed by atoms with van der Waals surface area (Å²) in [5.74, 6) is 0.137. The Balaban J connectivity index is 0.000000147. The van der Waals surface area contributed by atoms with Crippen LogP contribution in [0.1, 0.15) is 232 Å². The summed E-state index contributed by atoms with van der Waals surface area (Å²) in [6, 6.07) is 0. The van der Waals surface area contributed by atoms with Gasteiger partial charge in [-0.1, -0.05) is 110 Å². The molecule has 0 spiro atoms. The number of aromatic nitrogens is 18. The summed E-state index contributed by atoms with van der Waals surface area (Å²) in [5.41, 5.74) is 1.35. The molecule has 24 atom stereocenters. The van der Waals surface area contributed by atoms with Crippen LogP contribution in [0.5, 0.6) is 0 Å². The summed E-state index contributed by atoms with van der Waals surface area (Å²) in [4.78, 5) is 212. The molecule has 12 aromatic rings. The van der Waals surface area contributed by atoms with Crippen LogP contribution in [0, 0.1) is 41.5 Å². The molecule has 0 bridgehead atoms. The lowest BCUT2D eigenvalue weighted by Crippen LogP contribution is -2.31. The Morgan fingerprint density at radius 3 is 0.829 bits per heavy atom. The number of H-pyrrole nitrogens is 2. The number of rotatable bonds is 24. The van der Waals surface area contributed by atoms with Gasteiger partial charge in [-0.05, 0) is 80.1 Å². The van der Waals surface area contributed by atoms with Crippen LogP contribution in [-0.2, 0) is 85.6 Å². The van der Waals surface area contributed by atoms with E-state index < -0.39 is 204 Å². The smallest absolute Gasteiger partial charge is 0.311 e. The van der Waals surface area contributed by atoms with Crippen LogP contribution in [0.4, 0.5) is 0 Å². The van der Waals surface area contributed by atoms with Crippen molar-refractivity contribution in [1.82, 2.24) is 87.2 Å². The zero-order chi connectivity index (χ0) is 106. The fourth-order valence-electron chi connectivity index (χ4n) is 17.6. The molecular weight excluding hydrogens is 2040 g/mol. The van der Waals surface area contributed by atoms with Crippen LogP contribution < -0.4 is 40.4 Å². The highest BCUT2D eigenvalue weighted by Crippen LogP contribution is 2.42. The van der Waals surface area contributed by atoms with Crippen molar-refractivity contribution in [2.45, 2.75) is 349 Å². The van der Waals surface area contributed by atoms with E-state index >= 15 is 0 Å². The average molecular weight is 2150 g/mol. The number of esters is 6. The summed E-state index contributed by atoms with van der Waals surface area (Å²) >= 11 is 5.55. The molecule has 56 heteroatoms. The highest BCUT2D eigenvalue weighted by atomic mass is 32.1. The largest absolute Gasteiger partial charge is 0.460 e. The number of thiazole rings is 6. The van der Waals surface area contributed by atoms with Crippen LogP contribution in [0.2, 0.25) is 0 Å². The van der Waals surface area contributed by atoms with E-state index in [1.54, 1.807) is 73.3 Å². The quantitative estimate of drug-likeness (QED) is 0.0273. The Morgan fingerprint density at radius 2 is 0.555 bits per heavy atom. The van der Waals surface area contributed by atoms with Gasteiger partial charge in [-0.15, -0.1) is 0 Å². The summed E-state index contributed by atoms with van der Waals surface area (Å²) in [7, 11) is 0. The van der Waals surface area contributed by atoms with Crippen LogP contribution in [0.15, 0.2) is 63.1 Å². The zero-order valence-corrected chi connectivity index (χ0v) is 87.5. The van der Waals surface area contributed by atoms with Crippen molar-refractivity contribution in [3.63, 3.8) is 0 Å². The highest BCUT2D eigenvalue weighted by Gasteiger charge is 2.50. The number of hydrogen-bond acceptors (Lipinski definition) is 48. The Labute approximate surface area is 851 Å². The Bertz CT molecular complexity index is 7280. The molecule has 50 nitrogen and oxygen atoms in total. The normalized spacial score (nSPS) is 24.9. The lowest BCUT2D eigenvalue weighted by molar-refractivity contribution is -0.159. The molecule has 0 aromatic carbocycles. The number of aryl methyl sites for hydroxylation is 6. The van der Waals surface area contributed by atoms with Crippen molar-refractivity contribution in [3.05, 3.63) is 138 Å². The second kappa shape index (κ2) is 48.2. The van der Waals surface area contributed by atoms with Gasteiger partial charge in [0.25, 0.3) is 11.1 Å². The summed E-state index contributed by atoms with van der Waals surface area (Å²) in [5, 5.41) is 61.0. The maximum atomic E-state index is 12.6. The number of fused-ring (bicyclic) bond motifs is 6. The molecule has 6 aliphatic heterocycles. The minimum absolute atomic E-state index is 0.181. The van der Waals surface area contributed by atoms with E-state index in [2.05, 4.69) is 59.8 Å². The van der Waals surface area contributed by atoms with Crippen molar-refractivity contribution < 1.29 is 116 Å². The predicted molar refractivity (Wildman–Crippen MR) is 526 cm³/mol. The van der Waals surface area contributed by atoms with Gasteiger partial charge in [0.1, 0.15) is 105 Å². The number of carbonyl (C=O) groups is 6. The van der Waals surface area contributed by atoms with Crippen molar-refractivity contribution >= 4 is 166 Å². The molecule has 792 valence electrons. The van der Waals surface area contributed by atoms with Gasteiger partial charge >= 0.3 is 65.1 Å². The lowest BCUT2D eigenvalue weighted by Gasteiger charge is -2.22. The van der Waals surface area contributed by atoms with Crippen LogP contribution in [0.3, 0.4) is 0 Å². The van der Waals surface area contributed by atoms with Crippen molar-refractivity contribution in [2.24, 2.45) is 0 Å². The summed E-state index contributed by atoms with van der Waals surface area (Å²) in [6.07, 6.45) is -5.53. The van der Waals surface area contributed by atoms with Gasteiger partial charge < -0.3 is 97.4 Å². The van der Waals surface area contributed by atoms with E-state index in [0.29, 0.717) is 134 Å². The van der Waals surface area contributed by atoms with Gasteiger partial charge in [-0.3, -0.25) is 94.5 Å². The third-order valence-electron chi connectivity index (χ3n) is 24.2. The monoisotopic (exact) mass is 2150 g/mol. The van der Waals surface area contributed by atoms with Gasteiger partial charge in [0, 0.05) is 80.1 Å². The standard InChI is InChI=1S/C17H21N3O6S.2C15H19N3O6S.2C15H19N3O5S.C13H17N3O4S/c1-5-11(24-9(3)21)12-6-13(25-10(4)22)16(26-12)20-15-14(27-17(20)23)7-18-8(2)19-15;1-4-9(23-7(3)19)10-5-8(20)14(24-10)18-12-11(25-15(18)22)13(21)17-6(2)16-12;1-4-8(20)9-5-10(23-7(3)19)14(24-9)18-12-11(25-15(18)22)13(21)17-6(2)16-12;1-4-10(22-8(3)19)11-5-9(20)14(23-11)18-13-12(24-15(18)21)6-16-7(2)17-13;1-4-9(20)10-5-11(22-8(3)19)14(23-10)18-13-12(24-15(18)21)6-16-7(2)17-13;1-3-7(17)9-4-8(18)12(20-9)16-11-10(21-13(16)19)5-14-6(2)15-11/h7,11-13,16H,5-6H2,1-4H3;2*8-10,14,20H,4-5H2,1-3H3,(H,16,17,21);2*6,9-11,14,20H,4-5H2,1-3H3;5,7-9,12,17-18H,3-4H2,1-2H3/t11-,12-,13+,16+;8-,9+,10+,14-;8-,9-,10+,14+;9-,10+,11+,14-;9-,10-,11+,14+;7-,8+,9-,12+/m010100/s1. The Morgan fingerprint density at radius 1 is 0.329 bits per heavy atom. The van der Waals surface area contributed by atoms with Gasteiger partial charge in [0.05, 0.1) is 92.4 Å². The van der Waals surface area contributed by atoms with E-state index in [-0.39, 0.29) is 59.4 Å². The molecule has 6 saturated heterocycles.